The van der Waals surface area contributed by atoms with E-state index < -0.39 is 27.4 Å². The molecule has 1 amide bonds. The van der Waals surface area contributed by atoms with Gasteiger partial charge in [0.15, 0.2) is 11.6 Å². The minimum absolute atomic E-state index is 0.0784. The largest absolute Gasteiger partial charge is 0.453 e. The molecule has 1 atom stereocenters. The summed E-state index contributed by atoms with van der Waals surface area (Å²) in [6.07, 6.45) is 4.54. The molecule has 4 rings (SSSR count). The second kappa shape index (κ2) is 14.0. The number of amides is 1. The Morgan fingerprint density at radius 2 is 1.93 bits per heavy atom. The van der Waals surface area contributed by atoms with Crippen molar-refractivity contribution in [2.45, 2.75) is 71.9 Å². The first-order valence-electron chi connectivity index (χ1n) is 15.3. The van der Waals surface area contributed by atoms with E-state index in [0.717, 1.165) is 42.1 Å². The number of nitriles is 1. The van der Waals surface area contributed by atoms with Crippen LogP contribution in [-0.2, 0) is 14.9 Å². The van der Waals surface area contributed by atoms with Gasteiger partial charge in [0.2, 0.25) is 0 Å². The van der Waals surface area contributed by atoms with Gasteiger partial charge in [0.05, 0.1) is 22.9 Å². The van der Waals surface area contributed by atoms with Crippen molar-refractivity contribution in [2.75, 3.05) is 31.4 Å². The first kappa shape index (κ1) is 34.6. The molecule has 1 unspecified atom stereocenters. The van der Waals surface area contributed by atoms with Gasteiger partial charge in [-0.2, -0.15) is 18.0 Å². The molecule has 1 saturated heterocycles. The number of halogens is 1. The Balaban J connectivity index is 1.48. The summed E-state index contributed by atoms with van der Waals surface area (Å²) in [5.74, 6) is -0.860. The lowest BCUT2D eigenvalue weighted by Gasteiger charge is -2.33. The number of rotatable bonds is 10. The summed E-state index contributed by atoms with van der Waals surface area (Å²) in [4.78, 5) is 32.1. The van der Waals surface area contributed by atoms with Crippen LogP contribution in [-0.4, -0.2) is 65.6 Å². The van der Waals surface area contributed by atoms with Crippen molar-refractivity contribution < 1.29 is 27.1 Å². The Bertz CT molecular complexity index is 1790. The maximum Gasteiger partial charge on any atom is 0.410 e. The monoisotopic (exact) mass is 656 g/mol. The van der Waals surface area contributed by atoms with Gasteiger partial charge in [-0.05, 0) is 89.6 Å². The van der Waals surface area contributed by atoms with Crippen LogP contribution in [0.3, 0.4) is 0 Å². The van der Waals surface area contributed by atoms with Gasteiger partial charge >= 0.3 is 16.3 Å². The molecule has 0 spiro atoms. The number of benzene rings is 2. The molecule has 0 radical (unpaired) electrons. The molecule has 2 heterocycles. The SMILES string of the molecule is CCN(C)S(=O)(=O)Nc1ccc(F)c(Oc2ccc3ncn(C(C)CCC4CCN(C(=O)OC(C)(C)C)CC4)c(=O)c3c2)c1C#N. The van der Waals surface area contributed by atoms with Crippen molar-refractivity contribution in [1.29, 1.82) is 5.26 Å². The third-order valence-corrected chi connectivity index (χ3v) is 9.58. The summed E-state index contributed by atoms with van der Waals surface area (Å²) >= 11 is 0. The summed E-state index contributed by atoms with van der Waals surface area (Å²) < 4.78 is 56.1. The predicted molar refractivity (Wildman–Crippen MR) is 173 cm³/mol. The van der Waals surface area contributed by atoms with Crippen molar-refractivity contribution in [3.8, 4) is 17.6 Å². The highest BCUT2D eigenvalue weighted by Crippen LogP contribution is 2.34. The fourth-order valence-electron chi connectivity index (χ4n) is 5.20. The number of fused-ring (bicyclic) bond motifs is 1. The molecular formula is C32H41FN6O6S. The maximum absolute atomic E-state index is 14.9. The molecule has 0 aliphatic carbocycles. The number of hydrogen-bond acceptors (Lipinski definition) is 8. The quantitative estimate of drug-likeness (QED) is 0.288. The molecule has 46 heavy (non-hydrogen) atoms. The predicted octanol–water partition coefficient (Wildman–Crippen LogP) is 5.80. The Labute approximate surface area is 268 Å². The number of carbonyl (C=O) groups is 1. The van der Waals surface area contributed by atoms with Crippen molar-refractivity contribution in [2.24, 2.45) is 5.92 Å². The zero-order valence-electron chi connectivity index (χ0n) is 27.0. The van der Waals surface area contributed by atoms with Crippen molar-refractivity contribution in [3.05, 3.63) is 58.4 Å². The van der Waals surface area contributed by atoms with Gasteiger partial charge in [0.1, 0.15) is 23.0 Å². The molecular weight excluding hydrogens is 615 g/mol. The van der Waals surface area contributed by atoms with E-state index in [1.807, 2.05) is 33.8 Å². The lowest BCUT2D eigenvalue weighted by Crippen LogP contribution is -2.41. The van der Waals surface area contributed by atoms with Gasteiger partial charge in [-0.25, -0.2) is 14.2 Å². The standard InChI is InChI=1S/C32H41FN6O6S/c1-7-37(6)46(42,43)36-28-13-11-26(33)29(25(28)19-34)44-23-10-12-27-24(18-23)30(40)39(20-35-27)21(2)8-9-22-14-16-38(17-15-22)31(41)45-32(3,4)5/h10-13,18,20-22,36H,7-9,14-17H2,1-6H3. The highest BCUT2D eigenvalue weighted by Gasteiger charge is 2.27. The van der Waals surface area contributed by atoms with E-state index in [4.69, 9.17) is 9.47 Å². The minimum Gasteiger partial charge on any atom is -0.453 e. The van der Waals surface area contributed by atoms with E-state index in [0.29, 0.717) is 24.5 Å². The minimum atomic E-state index is -3.99. The second-order valence-corrected chi connectivity index (χ2v) is 14.3. The van der Waals surface area contributed by atoms with Gasteiger partial charge in [0, 0.05) is 32.7 Å². The summed E-state index contributed by atoms with van der Waals surface area (Å²) in [6.45, 7) is 10.6. The third-order valence-electron chi connectivity index (χ3n) is 8.02. The maximum atomic E-state index is 14.9. The number of likely N-dealkylation sites (tertiary alicyclic amines) is 1. The summed E-state index contributed by atoms with van der Waals surface area (Å²) in [6, 6.07) is 8.30. The number of nitrogens with zero attached hydrogens (tertiary/aromatic N) is 5. The Morgan fingerprint density at radius 1 is 1.24 bits per heavy atom. The normalized spacial score (nSPS) is 15.1. The zero-order valence-corrected chi connectivity index (χ0v) is 27.9. The number of ether oxygens (including phenoxy) is 2. The van der Waals surface area contributed by atoms with Gasteiger partial charge in [0.25, 0.3) is 5.56 Å². The highest BCUT2D eigenvalue weighted by molar-refractivity contribution is 7.90. The molecule has 1 aliphatic heterocycles. The number of piperidine rings is 1. The molecule has 0 saturated carbocycles. The Morgan fingerprint density at radius 3 is 2.57 bits per heavy atom. The fraction of sp³-hybridized carbons (Fsp3) is 0.500. The molecule has 12 nitrogen and oxygen atoms in total. The third kappa shape index (κ3) is 8.13. The molecule has 1 aliphatic rings. The molecule has 2 aromatic carbocycles. The van der Waals surface area contributed by atoms with Crippen molar-refractivity contribution in [3.63, 3.8) is 0 Å². The molecule has 1 fully saturated rings. The lowest BCUT2D eigenvalue weighted by molar-refractivity contribution is 0.0179. The van der Waals surface area contributed by atoms with Gasteiger partial charge in [-0.15, -0.1) is 0 Å². The zero-order chi connectivity index (χ0) is 33.8. The van der Waals surface area contributed by atoms with E-state index in [2.05, 4.69) is 9.71 Å². The van der Waals surface area contributed by atoms with Crippen LogP contribution in [0.5, 0.6) is 11.5 Å². The van der Waals surface area contributed by atoms with Crippen LogP contribution in [0.2, 0.25) is 0 Å². The summed E-state index contributed by atoms with van der Waals surface area (Å²) in [7, 11) is -2.62. The van der Waals surface area contributed by atoms with Crippen LogP contribution in [0, 0.1) is 23.1 Å². The van der Waals surface area contributed by atoms with Crippen LogP contribution >= 0.6 is 0 Å². The van der Waals surface area contributed by atoms with Crippen LogP contribution in [0.15, 0.2) is 41.5 Å². The second-order valence-electron chi connectivity index (χ2n) is 12.5. The average Bonchev–Trinajstić information content (AvgIpc) is 3.00. The Kier molecular flexibility index (Phi) is 10.6. The van der Waals surface area contributed by atoms with Gasteiger partial charge < -0.3 is 14.4 Å². The number of nitrogens with one attached hydrogen (secondary N) is 1. The van der Waals surface area contributed by atoms with E-state index >= 15 is 0 Å². The van der Waals surface area contributed by atoms with Crippen LogP contribution in [0.4, 0.5) is 14.9 Å². The van der Waals surface area contributed by atoms with Crippen LogP contribution < -0.4 is 15.0 Å². The number of carbonyl (C=O) groups excluding carboxylic acids is 1. The topological polar surface area (TPSA) is 147 Å². The smallest absolute Gasteiger partial charge is 0.410 e. The summed E-state index contributed by atoms with van der Waals surface area (Å²) in [5, 5.41) is 10.0. The van der Waals surface area contributed by atoms with E-state index in [1.165, 1.54) is 25.5 Å². The molecule has 1 N–H and O–H groups in total. The number of aromatic nitrogens is 2. The first-order valence-corrected chi connectivity index (χ1v) is 16.7. The molecule has 14 heteroatoms. The average molecular weight is 657 g/mol. The fourth-order valence-corrected chi connectivity index (χ4v) is 6.14. The van der Waals surface area contributed by atoms with E-state index in [1.54, 1.807) is 22.5 Å². The number of anilines is 1. The van der Waals surface area contributed by atoms with Crippen LogP contribution in [0.1, 0.15) is 71.9 Å². The molecule has 3 aromatic rings. The summed E-state index contributed by atoms with van der Waals surface area (Å²) in [5.41, 5.74) is -0.907. The number of hydrogen-bond donors (Lipinski definition) is 1. The van der Waals surface area contributed by atoms with Gasteiger partial charge in [-0.3, -0.25) is 14.1 Å². The van der Waals surface area contributed by atoms with Crippen molar-refractivity contribution in [1.82, 2.24) is 18.8 Å². The Hall–Kier alpha value is -4.22. The van der Waals surface area contributed by atoms with Crippen molar-refractivity contribution >= 4 is 32.9 Å². The van der Waals surface area contributed by atoms with Crippen LogP contribution in [0.25, 0.3) is 10.9 Å². The molecule has 1 aromatic heterocycles. The highest BCUT2D eigenvalue weighted by atomic mass is 32.2. The first-order chi connectivity index (χ1) is 21.6. The lowest BCUT2D eigenvalue weighted by atomic mass is 9.91. The molecule has 0 bridgehead atoms. The molecule has 248 valence electrons. The van der Waals surface area contributed by atoms with Gasteiger partial charge in [-0.1, -0.05) is 6.92 Å². The van der Waals surface area contributed by atoms with E-state index in [-0.39, 0.29) is 46.6 Å². The van der Waals surface area contributed by atoms with E-state index in [9.17, 15) is 27.7 Å².